The molecule has 1 aliphatic rings. The van der Waals surface area contributed by atoms with E-state index in [0.717, 1.165) is 54.2 Å². The van der Waals surface area contributed by atoms with Gasteiger partial charge < -0.3 is 24.8 Å². The fourth-order valence-electron chi connectivity index (χ4n) is 3.59. The van der Waals surface area contributed by atoms with Crippen molar-refractivity contribution in [2.75, 3.05) is 43.5 Å². The molecule has 1 saturated heterocycles. The lowest BCUT2D eigenvalue weighted by molar-refractivity contribution is -0.129. The molecule has 0 radical (unpaired) electrons. The second-order valence-electron chi connectivity index (χ2n) is 7.13. The van der Waals surface area contributed by atoms with E-state index in [1.807, 2.05) is 53.4 Å². The maximum atomic E-state index is 12.6. The summed E-state index contributed by atoms with van der Waals surface area (Å²) < 4.78 is 5.22. The summed E-state index contributed by atoms with van der Waals surface area (Å²) in [5.74, 6) is 0.673. The lowest BCUT2D eigenvalue weighted by atomic mass is 10.2. The van der Waals surface area contributed by atoms with E-state index in [1.54, 1.807) is 14.0 Å². The predicted octanol–water partition coefficient (Wildman–Crippen LogP) is 3.10. The Kier molecular flexibility index (Phi) is 5.12. The van der Waals surface area contributed by atoms with E-state index < -0.39 is 0 Å². The van der Waals surface area contributed by atoms with Gasteiger partial charge in [0.05, 0.1) is 7.11 Å². The van der Waals surface area contributed by atoms with Crippen molar-refractivity contribution in [3.05, 3.63) is 54.2 Å². The zero-order chi connectivity index (χ0) is 20.4. The van der Waals surface area contributed by atoms with Gasteiger partial charge in [0.1, 0.15) is 11.4 Å². The first-order valence-corrected chi connectivity index (χ1v) is 9.62. The Bertz CT molecular complexity index is 1030. The largest absolute Gasteiger partial charge is 0.497 e. The summed E-state index contributed by atoms with van der Waals surface area (Å²) in [7, 11) is 1.62. The minimum Gasteiger partial charge on any atom is -0.497 e. The molecule has 3 aromatic rings. The highest BCUT2D eigenvalue weighted by atomic mass is 16.5. The van der Waals surface area contributed by atoms with Crippen LogP contribution < -0.4 is 15.0 Å². The molecule has 2 amide bonds. The van der Waals surface area contributed by atoms with Crippen molar-refractivity contribution in [3.8, 4) is 5.75 Å². The molecule has 1 aliphatic heterocycles. The van der Waals surface area contributed by atoms with Crippen LogP contribution in [-0.4, -0.2) is 55.0 Å². The highest BCUT2D eigenvalue weighted by Gasteiger charge is 2.18. The molecule has 2 aromatic carbocycles. The molecule has 0 spiro atoms. The molecular formula is C22H24N4O3. The molecule has 29 heavy (non-hydrogen) atoms. The Hall–Kier alpha value is -3.48. The van der Waals surface area contributed by atoms with Gasteiger partial charge in [0.25, 0.3) is 5.91 Å². The van der Waals surface area contributed by atoms with E-state index in [4.69, 9.17) is 4.74 Å². The summed E-state index contributed by atoms with van der Waals surface area (Å²) in [4.78, 5) is 31.3. The van der Waals surface area contributed by atoms with E-state index in [2.05, 4.69) is 15.2 Å². The standard InChI is InChI=1S/C22H24N4O3/c1-15(27)25-9-11-26(12-10-25)18-6-4-17(5-7-18)23-22(28)21-13-16-3-8-19(29-2)14-20(16)24-21/h3-8,13-14,24H,9-12H2,1-2H3,(H,23,28). The molecule has 1 aromatic heterocycles. The summed E-state index contributed by atoms with van der Waals surface area (Å²) in [5.41, 5.74) is 3.17. The molecule has 2 heterocycles. The van der Waals surface area contributed by atoms with Crippen LogP contribution in [0.5, 0.6) is 5.75 Å². The summed E-state index contributed by atoms with van der Waals surface area (Å²) in [6.07, 6.45) is 0. The van der Waals surface area contributed by atoms with Crippen LogP contribution in [0.1, 0.15) is 17.4 Å². The van der Waals surface area contributed by atoms with Gasteiger partial charge in [0, 0.05) is 61.4 Å². The van der Waals surface area contributed by atoms with Gasteiger partial charge in [-0.1, -0.05) is 0 Å². The number of nitrogens with zero attached hydrogens (tertiary/aromatic N) is 2. The molecule has 0 unspecified atom stereocenters. The number of benzene rings is 2. The van der Waals surface area contributed by atoms with Gasteiger partial charge in [0.2, 0.25) is 5.91 Å². The fourth-order valence-corrected chi connectivity index (χ4v) is 3.59. The number of aromatic nitrogens is 1. The summed E-state index contributed by atoms with van der Waals surface area (Å²) in [5, 5.41) is 3.88. The average Bonchev–Trinajstić information content (AvgIpc) is 3.18. The van der Waals surface area contributed by atoms with E-state index in [9.17, 15) is 9.59 Å². The third-order valence-electron chi connectivity index (χ3n) is 5.29. The zero-order valence-corrected chi connectivity index (χ0v) is 16.6. The Labute approximate surface area is 169 Å². The van der Waals surface area contributed by atoms with E-state index in [1.165, 1.54) is 0 Å². The molecule has 7 heteroatoms. The van der Waals surface area contributed by atoms with Crippen LogP contribution in [0.2, 0.25) is 0 Å². The van der Waals surface area contributed by atoms with Gasteiger partial charge in [-0.2, -0.15) is 0 Å². The van der Waals surface area contributed by atoms with Crippen LogP contribution in [-0.2, 0) is 4.79 Å². The molecule has 0 aliphatic carbocycles. The SMILES string of the molecule is COc1ccc2cc(C(=O)Nc3ccc(N4CCN(C(C)=O)CC4)cc3)[nH]c2c1. The predicted molar refractivity (Wildman–Crippen MR) is 114 cm³/mol. The second-order valence-corrected chi connectivity index (χ2v) is 7.13. The quantitative estimate of drug-likeness (QED) is 0.715. The number of amides is 2. The van der Waals surface area contributed by atoms with Gasteiger partial charge in [-0.15, -0.1) is 0 Å². The Morgan fingerprint density at radius 3 is 2.38 bits per heavy atom. The van der Waals surface area contributed by atoms with Gasteiger partial charge >= 0.3 is 0 Å². The maximum Gasteiger partial charge on any atom is 0.272 e. The van der Waals surface area contributed by atoms with Crippen molar-refractivity contribution >= 4 is 34.1 Å². The number of aromatic amines is 1. The number of methoxy groups -OCH3 is 1. The molecule has 7 nitrogen and oxygen atoms in total. The monoisotopic (exact) mass is 392 g/mol. The van der Waals surface area contributed by atoms with Crippen molar-refractivity contribution in [2.45, 2.75) is 6.92 Å². The minimum absolute atomic E-state index is 0.123. The van der Waals surface area contributed by atoms with Crippen molar-refractivity contribution in [1.82, 2.24) is 9.88 Å². The molecule has 0 saturated carbocycles. The first-order valence-electron chi connectivity index (χ1n) is 9.62. The van der Waals surface area contributed by atoms with Crippen LogP contribution in [0.15, 0.2) is 48.5 Å². The van der Waals surface area contributed by atoms with Crippen molar-refractivity contribution in [2.24, 2.45) is 0 Å². The minimum atomic E-state index is -0.192. The lowest BCUT2D eigenvalue weighted by Crippen LogP contribution is -2.48. The number of hydrogen-bond donors (Lipinski definition) is 2. The molecule has 0 atom stereocenters. The Morgan fingerprint density at radius 1 is 1.00 bits per heavy atom. The Balaban J connectivity index is 1.41. The van der Waals surface area contributed by atoms with Gasteiger partial charge in [-0.05, 0) is 42.5 Å². The number of rotatable bonds is 4. The van der Waals surface area contributed by atoms with Crippen molar-refractivity contribution < 1.29 is 14.3 Å². The summed E-state index contributed by atoms with van der Waals surface area (Å²) in [6.45, 7) is 4.70. The van der Waals surface area contributed by atoms with Crippen LogP contribution in [0, 0.1) is 0 Å². The molecular weight excluding hydrogens is 368 g/mol. The number of carbonyl (C=O) groups is 2. The average molecular weight is 392 g/mol. The summed E-state index contributed by atoms with van der Waals surface area (Å²) >= 11 is 0. The van der Waals surface area contributed by atoms with Crippen molar-refractivity contribution in [1.29, 1.82) is 0 Å². The highest BCUT2D eigenvalue weighted by Crippen LogP contribution is 2.23. The van der Waals surface area contributed by atoms with Crippen LogP contribution >= 0.6 is 0 Å². The van der Waals surface area contributed by atoms with Crippen LogP contribution in [0.3, 0.4) is 0 Å². The molecule has 1 fully saturated rings. The first kappa shape index (κ1) is 18.9. The number of carbonyl (C=O) groups excluding carboxylic acids is 2. The first-order chi connectivity index (χ1) is 14.0. The number of anilines is 2. The van der Waals surface area contributed by atoms with E-state index in [0.29, 0.717) is 5.69 Å². The number of piperazine rings is 1. The van der Waals surface area contributed by atoms with Crippen molar-refractivity contribution in [3.63, 3.8) is 0 Å². The number of fused-ring (bicyclic) bond motifs is 1. The smallest absolute Gasteiger partial charge is 0.272 e. The third-order valence-corrected chi connectivity index (χ3v) is 5.29. The number of hydrogen-bond acceptors (Lipinski definition) is 4. The third kappa shape index (κ3) is 4.03. The highest BCUT2D eigenvalue weighted by molar-refractivity contribution is 6.06. The Morgan fingerprint density at radius 2 is 1.72 bits per heavy atom. The maximum absolute atomic E-state index is 12.6. The summed E-state index contributed by atoms with van der Waals surface area (Å²) in [6, 6.07) is 15.3. The van der Waals surface area contributed by atoms with Crippen LogP contribution in [0.25, 0.3) is 10.9 Å². The van der Waals surface area contributed by atoms with E-state index >= 15 is 0 Å². The fraction of sp³-hybridized carbons (Fsp3) is 0.273. The molecule has 150 valence electrons. The lowest BCUT2D eigenvalue weighted by Gasteiger charge is -2.35. The van der Waals surface area contributed by atoms with E-state index in [-0.39, 0.29) is 11.8 Å². The zero-order valence-electron chi connectivity index (χ0n) is 16.6. The normalized spacial score (nSPS) is 14.1. The molecule has 2 N–H and O–H groups in total. The van der Waals surface area contributed by atoms with Gasteiger partial charge in [0.15, 0.2) is 0 Å². The number of nitrogens with one attached hydrogen (secondary N) is 2. The van der Waals surface area contributed by atoms with Crippen LogP contribution in [0.4, 0.5) is 11.4 Å². The topological polar surface area (TPSA) is 77.7 Å². The molecule has 4 rings (SSSR count). The van der Waals surface area contributed by atoms with Gasteiger partial charge in [-0.25, -0.2) is 0 Å². The number of H-pyrrole nitrogens is 1. The number of ether oxygens (including phenoxy) is 1. The second kappa shape index (κ2) is 7.87. The van der Waals surface area contributed by atoms with Gasteiger partial charge in [-0.3, -0.25) is 9.59 Å². The molecule has 0 bridgehead atoms.